The van der Waals surface area contributed by atoms with Crippen LogP contribution in [0.1, 0.15) is 129 Å². The molecule has 0 spiro atoms. The molecule has 0 aromatic rings. The van der Waals surface area contributed by atoms with Gasteiger partial charge in [0.05, 0.1) is 0 Å². The van der Waals surface area contributed by atoms with Crippen LogP contribution in [0.15, 0.2) is 0 Å². The molecule has 2 heteroatoms. The van der Waals surface area contributed by atoms with E-state index in [0.29, 0.717) is 0 Å². The number of rotatable bonds is 20. The fourth-order valence-corrected chi connectivity index (χ4v) is 4.79. The molecule has 0 saturated heterocycles. The van der Waals surface area contributed by atoms with Crippen LogP contribution in [0.5, 0.6) is 0 Å². The maximum Gasteiger partial charge on any atom is 0.199 e. The Bertz CT molecular complexity index is 176. The van der Waals surface area contributed by atoms with Crippen LogP contribution in [0.2, 0.25) is 10.6 Å². The molecule has 0 aliphatic carbocycles. The van der Waals surface area contributed by atoms with Gasteiger partial charge in [0.25, 0.3) is 0 Å². The second kappa shape index (κ2) is 25.7. The predicted octanol–water partition coefficient (Wildman–Crippen LogP) is 7.76. The first-order valence-electron chi connectivity index (χ1n) is 11.2. The summed E-state index contributed by atoms with van der Waals surface area (Å²) in [5.74, 6) is 0. The van der Waals surface area contributed by atoms with Crippen molar-refractivity contribution < 1.29 is 5.48 Å². The van der Waals surface area contributed by atoms with Crippen molar-refractivity contribution in [1.29, 1.82) is 0 Å². The maximum absolute atomic E-state index is 2.30. The van der Waals surface area contributed by atoms with E-state index in [-0.39, 0.29) is 5.48 Å². The molecule has 1 radical (unpaired) electrons. The zero-order valence-electron chi connectivity index (χ0n) is 17.2. The lowest BCUT2D eigenvalue weighted by Gasteiger charge is -2.03. The molecule has 0 amide bonds. The molecule has 0 saturated carbocycles. The lowest BCUT2D eigenvalue weighted by Crippen LogP contribution is -1.90. The summed E-state index contributed by atoms with van der Waals surface area (Å²) in [6.07, 6.45) is 26.6. The predicted molar refractivity (Wildman–Crippen MR) is 113 cm³/mol. The van der Waals surface area contributed by atoms with Crippen LogP contribution in [-0.2, 0) is 0 Å². The molecule has 0 heterocycles. The highest BCUT2D eigenvalue weighted by atomic mass is 27.1. The monoisotopic (exact) mass is 355 g/mol. The molecule has 0 unspecified atom stereocenters. The molecule has 24 heavy (non-hydrogen) atoms. The van der Waals surface area contributed by atoms with E-state index in [4.69, 9.17) is 0 Å². The van der Waals surface area contributed by atoms with Gasteiger partial charge in [0.15, 0.2) is 15.2 Å². The second-order valence-electron chi connectivity index (χ2n) is 7.52. The summed E-state index contributed by atoms with van der Waals surface area (Å²) in [4.78, 5) is 0. The van der Waals surface area contributed by atoms with Crippen molar-refractivity contribution in [3.05, 3.63) is 0 Å². The Morgan fingerprint density at radius 2 is 0.625 bits per heavy atom. The zero-order valence-corrected chi connectivity index (χ0v) is 18.4. The third-order valence-corrected chi connectivity index (χ3v) is 6.66. The number of hydrogen-bond donors (Lipinski definition) is 0. The number of unbranched alkanes of at least 4 members (excludes halogenated alkanes) is 16. The van der Waals surface area contributed by atoms with Crippen molar-refractivity contribution in [1.82, 2.24) is 0 Å². The molecule has 2 N–H and O–H groups in total. The van der Waals surface area contributed by atoms with Crippen LogP contribution in [0, 0.1) is 0 Å². The third-order valence-electron chi connectivity index (χ3n) is 5.02. The van der Waals surface area contributed by atoms with Gasteiger partial charge in [0.2, 0.25) is 0 Å². The van der Waals surface area contributed by atoms with E-state index in [9.17, 15) is 0 Å². The molecule has 0 aliphatic rings. The molecule has 0 atom stereocenters. The Morgan fingerprint density at radius 1 is 0.375 bits per heavy atom. The largest absolute Gasteiger partial charge is 0.412 e. The first kappa shape index (κ1) is 26.7. The van der Waals surface area contributed by atoms with Crippen LogP contribution < -0.4 is 0 Å². The molecule has 0 aromatic heterocycles. The lowest BCUT2D eigenvalue weighted by atomic mass is 10.1. The molecule has 1 nitrogen and oxygen atoms in total. The van der Waals surface area contributed by atoms with Gasteiger partial charge in [0.1, 0.15) is 0 Å². The van der Waals surface area contributed by atoms with Gasteiger partial charge in [-0.25, -0.2) is 0 Å². The minimum atomic E-state index is 0. The summed E-state index contributed by atoms with van der Waals surface area (Å²) < 4.78 is 0. The minimum absolute atomic E-state index is 0. The Morgan fingerprint density at radius 3 is 0.917 bits per heavy atom. The van der Waals surface area contributed by atoms with E-state index in [2.05, 4.69) is 13.8 Å². The standard InChI is InChI=1S/2C11H23.Al.H2O/c2*1-3-5-7-9-11-10-8-6-4-2;;/h2*1,3-11H2,2H3;;1H2. The van der Waals surface area contributed by atoms with Gasteiger partial charge in [-0.3, -0.25) is 0 Å². The third kappa shape index (κ3) is 24.7. The molecule has 0 bridgehead atoms. The van der Waals surface area contributed by atoms with Crippen molar-refractivity contribution in [3.8, 4) is 0 Å². The van der Waals surface area contributed by atoms with Gasteiger partial charge in [-0.1, -0.05) is 129 Å². The average molecular weight is 356 g/mol. The van der Waals surface area contributed by atoms with Gasteiger partial charge in [-0.15, -0.1) is 10.6 Å². The quantitative estimate of drug-likeness (QED) is 0.158. The molecular formula is C22H48AlO. The molecular weight excluding hydrogens is 307 g/mol. The van der Waals surface area contributed by atoms with Gasteiger partial charge < -0.3 is 5.48 Å². The van der Waals surface area contributed by atoms with Crippen LogP contribution in [0.25, 0.3) is 0 Å². The van der Waals surface area contributed by atoms with Crippen LogP contribution in [-0.4, -0.2) is 20.7 Å². The van der Waals surface area contributed by atoms with Gasteiger partial charge in [-0.05, 0) is 0 Å². The molecule has 0 aromatic carbocycles. The molecule has 0 fully saturated rings. The van der Waals surface area contributed by atoms with Gasteiger partial charge >= 0.3 is 0 Å². The van der Waals surface area contributed by atoms with Crippen LogP contribution >= 0.6 is 0 Å². The highest BCUT2D eigenvalue weighted by molar-refractivity contribution is 6.35. The zero-order chi connectivity index (χ0) is 16.8. The van der Waals surface area contributed by atoms with E-state index in [1.54, 1.807) is 10.6 Å². The van der Waals surface area contributed by atoms with Crippen molar-refractivity contribution >= 4 is 15.2 Å². The first-order valence-corrected chi connectivity index (χ1v) is 12.9. The highest BCUT2D eigenvalue weighted by Crippen LogP contribution is 2.13. The van der Waals surface area contributed by atoms with E-state index >= 15 is 0 Å². The van der Waals surface area contributed by atoms with Crippen molar-refractivity contribution in [3.63, 3.8) is 0 Å². The highest BCUT2D eigenvalue weighted by Gasteiger charge is 1.96. The SMILES string of the molecule is CCCCCCCCCC[CH2][Al][CH2]CCCCCCCCCC.O. The van der Waals surface area contributed by atoms with E-state index in [0.717, 1.165) is 15.2 Å². The van der Waals surface area contributed by atoms with E-state index < -0.39 is 0 Å². The lowest BCUT2D eigenvalue weighted by molar-refractivity contribution is 0.569. The first-order chi connectivity index (χ1) is 11.4. The normalized spacial score (nSPS) is 10.6. The minimum Gasteiger partial charge on any atom is -0.412 e. The molecule has 145 valence electrons. The topological polar surface area (TPSA) is 31.5 Å². The van der Waals surface area contributed by atoms with E-state index in [1.165, 1.54) is 116 Å². The van der Waals surface area contributed by atoms with Crippen LogP contribution in [0.4, 0.5) is 0 Å². The molecule has 0 aliphatic heterocycles. The summed E-state index contributed by atoms with van der Waals surface area (Å²) in [7, 11) is 0. The van der Waals surface area contributed by atoms with Gasteiger partial charge in [-0.2, -0.15) is 0 Å². The summed E-state index contributed by atoms with van der Waals surface area (Å²) in [6, 6.07) is 0. The maximum atomic E-state index is 2.30. The second-order valence-corrected chi connectivity index (χ2v) is 9.25. The summed E-state index contributed by atoms with van der Waals surface area (Å²) in [5, 5.41) is 3.15. The Hall–Kier alpha value is 0.492. The fraction of sp³-hybridized carbons (Fsp3) is 1.00. The summed E-state index contributed by atoms with van der Waals surface area (Å²) in [5.41, 5.74) is 0. The number of hydrogen-bond acceptors (Lipinski definition) is 0. The van der Waals surface area contributed by atoms with Crippen molar-refractivity contribution in [2.75, 3.05) is 0 Å². The Labute approximate surface area is 160 Å². The Balaban J connectivity index is 0. The smallest absolute Gasteiger partial charge is 0.199 e. The Kier molecular flexibility index (Phi) is 28.6. The van der Waals surface area contributed by atoms with Crippen molar-refractivity contribution in [2.45, 2.75) is 140 Å². The average Bonchev–Trinajstić information content (AvgIpc) is 2.57. The van der Waals surface area contributed by atoms with E-state index in [1.807, 2.05) is 0 Å². The van der Waals surface area contributed by atoms with Crippen molar-refractivity contribution in [2.24, 2.45) is 0 Å². The van der Waals surface area contributed by atoms with Crippen LogP contribution in [0.3, 0.4) is 0 Å². The van der Waals surface area contributed by atoms with Gasteiger partial charge in [0, 0.05) is 0 Å². The molecule has 0 rings (SSSR count). The fourth-order valence-electron chi connectivity index (χ4n) is 3.34. The summed E-state index contributed by atoms with van der Waals surface area (Å²) >= 11 is 0.783. The summed E-state index contributed by atoms with van der Waals surface area (Å²) in [6.45, 7) is 4.61.